The van der Waals surface area contributed by atoms with Gasteiger partial charge in [0.1, 0.15) is 11.6 Å². The quantitative estimate of drug-likeness (QED) is 0.857. The average Bonchev–Trinajstić information content (AvgIpc) is 2.52. The van der Waals surface area contributed by atoms with Crippen molar-refractivity contribution in [2.75, 3.05) is 11.9 Å². The van der Waals surface area contributed by atoms with E-state index in [9.17, 15) is 13.6 Å². The first-order valence-corrected chi connectivity index (χ1v) is 8.17. The summed E-state index contributed by atoms with van der Waals surface area (Å²) in [6.07, 6.45) is 3.67. The zero-order chi connectivity index (χ0) is 16.8. The zero-order valence-corrected chi connectivity index (χ0v) is 13.6. The van der Waals surface area contributed by atoms with Gasteiger partial charge in [0, 0.05) is 18.7 Å². The molecule has 23 heavy (non-hydrogen) atoms. The third kappa shape index (κ3) is 4.89. The topological polar surface area (TPSA) is 50.4 Å². The summed E-state index contributed by atoms with van der Waals surface area (Å²) in [4.78, 5) is 12.0. The third-order valence-corrected chi connectivity index (χ3v) is 4.40. The molecule has 2 N–H and O–H groups in total. The highest BCUT2D eigenvalue weighted by Gasteiger charge is 2.28. The molecule has 2 rings (SSSR count). The van der Waals surface area contributed by atoms with Crippen molar-refractivity contribution in [3.8, 4) is 0 Å². The standard InChI is InChI=1S/C17H24F2N2O2/c1-3-11(4-2)16-10-13(7-8-23-16)20-17(22)21-15-9-12(18)5-6-14(15)19/h5-6,9,11,13,16H,3-4,7-8,10H2,1-2H3,(H2,20,21,22). The Morgan fingerprint density at radius 2 is 2.09 bits per heavy atom. The number of anilines is 1. The summed E-state index contributed by atoms with van der Waals surface area (Å²) >= 11 is 0. The Kier molecular flexibility index (Phi) is 6.33. The lowest BCUT2D eigenvalue weighted by Gasteiger charge is -2.34. The number of carbonyl (C=O) groups excluding carboxylic acids is 1. The Bertz CT molecular complexity index is 535. The molecule has 2 amide bonds. The van der Waals surface area contributed by atoms with Crippen molar-refractivity contribution in [1.29, 1.82) is 0 Å². The maximum absolute atomic E-state index is 13.5. The van der Waals surface area contributed by atoms with Crippen LogP contribution in [0.1, 0.15) is 39.5 Å². The average molecular weight is 326 g/mol. The molecule has 2 unspecified atom stereocenters. The van der Waals surface area contributed by atoms with E-state index in [4.69, 9.17) is 4.74 Å². The number of benzene rings is 1. The smallest absolute Gasteiger partial charge is 0.319 e. The summed E-state index contributed by atoms with van der Waals surface area (Å²) in [6.45, 7) is 4.86. The van der Waals surface area contributed by atoms with E-state index in [1.54, 1.807) is 0 Å². The summed E-state index contributed by atoms with van der Waals surface area (Å²) in [7, 11) is 0. The second-order valence-corrected chi connectivity index (χ2v) is 5.93. The van der Waals surface area contributed by atoms with E-state index in [1.165, 1.54) is 0 Å². The number of nitrogens with one attached hydrogen (secondary N) is 2. The number of urea groups is 1. The third-order valence-electron chi connectivity index (χ3n) is 4.40. The summed E-state index contributed by atoms with van der Waals surface area (Å²) < 4.78 is 32.5. The molecule has 1 fully saturated rings. The van der Waals surface area contributed by atoms with Gasteiger partial charge in [-0.1, -0.05) is 26.7 Å². The fraction of sp³-hybridized carbons (Fsp3) is 0.588. The number of carbonyl (C=O) groups is 1. The molecule has 0 aliphatic carbocycles. The minimum absolute atomic E-state index is 0.0222. The minimum atomic E-state index is -0.663. The van der Waals surface area contributed by atoms with Crippen molar-refractivity contribution in [3.63, 3.8) is 0 Å². The lowest BCUT2D eigenvalue weighted by Crippen LogP contribution is -2.45. The normalized spacial score (nSPS) is 21.3. The van der Waals surface area contributed by atoms with Crippen LogP contribution in [0.15, 0.2) is 18.2 Å². The first-order chi connectivity index (χ1) is 11.0. The largest absolute Gasteiger partial charge is 0.378 e. The maximum atomic E-state index is 13.5. The van der Waals surface area contributed by atoms with E-state index < -0.39 is 17.7 Å². The summed E-state index contributed by atoms with van der Waals surface area (Å²) in [5.41, 5.74) is -0.161. The number of hydrogen-bond acceptors (Lipinski definition) is 2. The SMILES string of the molecule is CCC(CC)C1CC(NC(=O)Nc2cc(F)ccc2F)CCO1. The Balaban J connectivity index is 1.90. The van der Waals surface area contributed by atoms with Crippen LogP contribution in [0.25, 0.3) is 0 Å². The lowest BCUT2D eigenvalue weighted by atomic mass is 9.89. The predicted molar refractivity (Wildman–Crippen MR) is 85.3 cm³/mol. The number of rotatable bonds is 5. The molecule has 128 valence electrons. The van der Waals surface area contributed by atoms with Gasteiger partial charge in [0.05, 0.1) is 11.8 Å². The second kappa shape index (κ2) is 8.24. The number of hydrogen-bond donors (Lipinski definition) is 2. The van der Waals surface area contributed by atoms with E-state index in [2.05, 4.69) is 24.5 Å². The van der Waals surface area contributed by atoms with Crippen molar-refractivity contribution >= 4 is 11.7 Å². The molecular formula is C17H24F2N2O2. The summed E-state index contributed by atoms with van der Waals surface area (Å²) in [5, 5.41) is 5.19. The van der Waals surface area contributed by atoms with Gasteiger partial charge in [-0.25, -0.2) is 13.6 Å². The number of halogens is 2. The molecule has 6 heteroatoms. The monoisotopic (exact) mass is 326 g/mol. The zero-order valence-electron chi connectivity index (χ0n) is 13.6. The van der Waals surface area contributed by atoms with Crippen LogP contribution in [0.5, 0.6) is 0 Å². The molecule has 1 aromatic carbocycles. The Morgan fingerprint density at radius 3 is 2.78 bits per heavy atom. The van der Waals surface area contributed by atoms with Crippen molar-refractivity contribution < 1.29 is 18.3 Å². The highest BCUT2D eigenvalue weighted by atomic mass is 19.1. The lowest BCUT2D eigenvalue weighted by molar-refractivity contribution is -0.0329. The van der Waals surface area contributed by atoms with Gasteiger partial charge < -0.3 is 15.4 Å². The van der Waals surface area contributed by atoms with Gasteiger partial charge in [-0.05, 0) is 30.9 Å². The molecule has 1 aliphatic heterocycles. The molecule has 4 nitrogen and oxygen atoms in total. The van der Waals surface area contributed by atoms with Gasteiger partial charge in [0.2, 0.25) is 0 Å². The number of amides is 2. The van der Waals surface area contributed by atoms with Gasteiger partial charge in [0.15, 0.2) is 0 Å². The van der Waals surface area contributed by atoms with Gasteiger partial charge in [-0.2, -0.15) is 0 Å². The molecule has 0 saturated carbocycles. The first-order valence-electron chi connectivity index (χ1n) is 8.17. The molecule has 2 atom stereocenters. The van der Waals surface area contributed by atoms with E-state index in [-0.39, 0.29) is 17.8 Å². The molecule has 0 radical (unpaired) electrons. The highest BCUT2D eigenvalue weighted by molar-refractivity contribution is 5.89. The fourth-order valence-corrected chi connectivity index (χ4v) is 3.04. The van der Waals surface area contributed by atoms with Crippen molar-refractivity contribution in [1.82, 2.24) is 5.32 Å². The summed E-state index contributed by atoms with van der Waals surface area (Å²) in [5.74, 6) is -0.784. The van der Waals surface area contributed by atoms with Gasteiger partial charge in [0.25, 0.3) is 0 Å². The van der Waals surface area contributed by atoms with Crippen molar-refractivity contribution in [3.05, 3.63) is 29.8 Å². The molecular weight excluding hydrogens is 302 g/mol. The van der Waals surface area contributed by atoms with Crippen LogP contribution in [0.4, 0.5) is 19.3 Å². The van der Waals surface area contributed by atoms with E-state index in [1.807, 2.05) is 0 Å². The van der Waals surface area contributed by atoms with Crippen LogP contribution < -0.4 is 10.6 Å². The highest BCUT2D eigenvalue weighted by Crippen LogP contribution is 2.25. The molecule has 0 aromatic heterocycles. The first kappa shape index (κ1) is 17.7. The molecule has 1 heterocycles. The molecule has 0 spiro atoms. The summed E-state index contributed by atoms with van der Waals surface area (Å²) in [6, 6.07) is 2.42. The Hall–Kier alpha value is -1.69. The van der Waals surface area contributed by atoms with Crippen LogP contribution in [-0.4, -0.2) is 24.8 Å². The van der Waals surface area contributed by atoms with Crippen molar-refractivity contribution in [2.24, 2.45) is 5.92 Å². The van der Waals surface area contributed by atoms with E-state index >= 15 is 0 Å². The molecule has 1 saturated heterocycles. The van der Waals surface area contributed by atoms with E-state index in [0.717, 1.165) is 43.9 Å². The molecule has 1 aliphatic rings. The van der Waals surface area contributed by atoms with Gasteiger partial charge in [-0.15, -0.1) is 0 Å². The minimum Gasteiger partial charge on any atom is -0.378 e. The molecule has 0 bridgehead atoms. The van der Waals surface area contributed by atoms with Crippen molar-refractivity contribution in [2.45, 2.75) is 51.7 Å². The van der Waals surface area contributed by atoms with Crippen LogP contribution in [0.2, 0.25) is 0 Å². The van der Waals surface area contributed by atoms with Crippen LogP contribution >= 0.6 is 0 Å². The fourth-order valence-electron chi connectivity index (χ4n) is 3.04. The predicted octanol–water partition coefficient (Wildman–Crippen LogP) is 4.07. The Labute approximate surface area is 135 Å². The van der Waals surface area contributed by atoms with Gasteiger partial charge >= 0.3 is 6.03 Å². The molecule has 1 aromatic rings. The van der Waals surface area contributed by atoms with Crippen LogP contribution in [0.3, 0.4) is 0 Å². The second-order valence-electron chi connectivity index (χ2n) is 5.93. The number of ether oxygens (including phenoxy) is 1. The van der Waals surface area contributed by atoms with Gasteiger partial charge in [-0.3, -0.25) is 0 Å². The maximum Gasteiger partial charge on any atom is 0.319 e. The Morgan fingerprint density at radius 1 is 1.35 bits per heavy atom. The van der Waals surface area contributed by atoms with E-state index in [0.29, 0.717) is 12.5 Å². The van der Waals surface area contributed by atoms with Crippen LogP contribution in [0, 0.1) is 17.6 Å². The van der Waals surface area contributed by atoms with Crippen LogP contribution in [-0.2, 0) is 4.74 Å².